The van der Waals surface area contributed by atoms with Crippen molar-refractivity contribution in [1.82, 2.24) is 0 Å². The minimum Gasteiger partial charge on any atom is -0.478 e. The summed E-state index contributed by atoms with van der Waals surface area (Å²) in [6.45, 7) is 3.79. The zero-order valence-electron chi connectivity index (χ0n) is 10.6. The van der Waals surface area contributed by atoms with Crippen LogP contribution < -0.4 is 0 Å². The Morgan fingerprint density at radius 3 is 2.56 bits per heavy atom. The third-order valence-electron chi connectivity index (χ3n) is 3.98. The number of hydrogen-bond donors (Lipinski definition) is 1. The van der Waals surface area contributed by atoms with Gasteiger partial charge in [0.05, 0.1) is 5.56 Å². The Bertz CT molecular complexity index is 428. The van der Waals surface area contributed by atoms with Gasteiger partial charge in [-0.25, -0.2) is 4.79 Å². The van der Waals surface area contributed by atoms with Crippen LogP contribution in [-0.4, -0.2) is 11.1 Å². The fourth-order valence-electron chi connectivity index (χ4n) is 2.99. The maximum absolute atomic E-state index is 11.2. The maximum Gasteiger partial charge on any atom is 0.335 e. The summed E-state index contributed by atoms with van der Waals surface area (Å²) in [5.74, 6) is 0.355. The van der Waals surface area contributed by atoms with Crippen molar-refractivity contribution in [3.05, 3.63) is 48.0 Å². The quantitative estimate of drug-likeness (QED) is 0.804. The van der Waals surface area contributed by atoms with Crippen LogP contribution in [0.25, 0.3) is 0 Å². The first kappa shape index (κ1) is 12.9. The molecule has 0 heterocycles. The second-order valence-corrected chi connectivity index (χ2v) is 5.13. The predicted octanol–water partition coefficient (Wildman–Crippen LogP) is 4.23. The van der Waals surface area contributed by atoms with Crippen molar-refractivity contribution < 1.29 is 9.90 Å². The predicted molar refractivity (Wildman–Crippen MR) is 72.9 cm³/mol. The number of rotatable bonds is 4. The van der Waals surface area contributed by atoms with E-state index in [1.807, 2.05) is 18.2 Å². The van der Waals surface area contributed by atoms with Gasteiger partial charge in [0.2, 0.25) is 0 Å². The molecule has 0 aliphatic heterocycles. The van der Waals surface area contributed by atoms with Gasteiger partial charge in [-0.2, -0.15) is 0 Å². The van der Waals surface area contributed by atoms with Crippen LogP contribution in [0.3, 0.4) is 0 Å². The largest absolute Gasteiger partial charge is 0.478 e. The molecule has 2 heteroatoms. The zero-order valence-corrected chi connectivity index (χ0v) is 10.6. The molecule has 1 fully saturated rings. The van der Waals surface area contributed by atoms with Gasteiger partial charge in [-0.1, -0.05) is 24.3 Å². The molecule has 0 unspecified atom stereocenters. The number of aromatic carboxylic acids is 1. The van der Waals surface area contributed by atoms with Gasteiger partial charge in [0.1, 0.15) is 0 Å². The summed E-state index contributed by atoms with van der Waals surface area (Å²) < 4.78 is 0. The second-order valence-electron chi connectivity index (χ2n) is 5.13. The Morgan fingerprint density at radius 2 is 1.94 bits per heavy atom. The molecule has 96 valence electrons. The van der Waals surface area contributed by atoms with E-state index in [4.69, 9.17) is 0 Å². The number of benzene rings is 1. The van der Waals surface area contributed by atoms with Crippen LogP contribution in [0.15, 0.2) is 36.9 Å². The normalized spacial score (nSPS) is 23.6. The summed E-state index contributed by atoms with van der Waals surface area (Å²) in [7, 11) is 0. The van der Waals surface area contributed by atoms with Crippen molar-refractivity contribution in [2.24, 2.45) is 5.92 Å². The van der Waals surface area contributed by atoms with Crippen LogP contribution in [0, 0.1) is 5.92 Å². The third kappa shape index (κ3) is 2.81. The van der Waals surface area contributed by atoms with Crippen molar-refractivity contribution in [2.75, 3.05) is 0 Å². The number of carboxylic acids is 1. The summed E-state index contributed by atoms with van der Waals surface area (Å²) in [5, 5.41) is 9.22. The first-order valence-corrected chi connectivity index (χ1v) is 6.65. The van der Waals surface area contributed by atoms with Crippen molar-refractivity contribution in [3.8, 4) is 0 Å². The summed E-state index contributed by atoms with van der Waals surface area (Å²) in [6, 6.07) is 7.43. The van der Waals surface area contributed by atoms with E-state index in [2.05, 4.69) is 6.58 Å². The summed E-state index contributed by atoms with van der Waals surface area (Å²) in [5.41, 5.74) is 1.49. The van der Waals surface area contributed by atoms with Crippen molar-refractivity contribution in [2.45, 2.75) is 38.0 Å². The fraction of sp³-hybridized carbons (Fsp3) is 0.438. The summed E-state index contributed by atoms with van der Waals surface area (Å²) in [4.78, 5) is 11.2. The van der Waals surface area contributed by atoms with Crippen LogP contribution >= 0.6 is 0 Å². The van der Waals surface area contributed by atoms with E-state index in [-0.39, 0.29) is 0 Å². The van der Waals surface area contributed by atoms with Crippen LogP contribution in [0.5, 0.6) is 0 Å². The lowest BCUT2D eigenvalue weighted by Gasteiger charge is -2.28. The molecule has 1 aliphatic carbocycles. The average Bonchev–Trinajstić information content (AvgIpc) is 2.40. The molecule has 2 nitrogen and oxygen atoms in total. The van der Waals surface area contributed by atoms with E-state index in [1.54, 1.807) is 12.1 Å². The van der Waals surface area contributed by atoms with Gasteiger partial charge in [0, 0.05) is 0 Å². The maximum atomic E-state index is 11.2. The van der Waals surface area contributed by atoms with Crippen LogP contribution in [0.2, 0.25) is 0 Å². The Hall–Kier alpha value is -1.57. The van der Waals surface area contributed by atoms with E-state index in [0.29, 0.717) is 11.5 Å². The second kappa shape index (κ2) is 5.85. The van der Waals surface area contributed by atoms with Crippen LogP contribution in [0.4, 0.5) is 0 Å². The summed E-state index contributed by atoms with van der Waals surface area (Å²) in [6.07, 6.45) is 7.66. The first-order chi connectivity index (χ1) is 8.72. The third-order valence-corrected chi connectivity index (χ3v) is 3.98. The van der Waals surface area contributed by atoms with E-state index < -0.39 is 5.97 Å². The van der Waals surface area contributed by atoms with Gasteiger partial charge < -0.3 is 5.11 Å². The lowest BCUT2D eigenvalue weighted by Crippen LogP contribution is -2.15. The fourth-order valence-corrected chi connectivity index (χ4v) is 2.99. The minimum atomic E-state index is -0.807. The monoisotopic (exact) mass is 244 g/mol. The lowest BCUT2D eigenvalue weighted by atomic mass is 9.76. The van der Waals surface area contributed by atoms with Gasteiger partial charge in [0.15, 0.2) is 0 Å². The number of carbonyl (C=O) groups is 1. The van der Waals surface area contributed by atoms with E-state index in [1.165, 1.54) is 12.8 Å². The van der Waals surface area contributed by atoms with Crippen LogP contribution in [0.1, 0.15) is 53.9 Å². The number of carboxylic acid groups (broad SMARTS) is 1. The highest BCUT2D eigenvalue weighted by molar-refractivity contribution is 5.89. The smallest absolute Gasteiger partial charge is 0.335 e. The molecular weight excluding hydrogens is 224 g/mol. The Kier molecular flexibility index (Phi) is 4.19. The topological polar surface area (TPSA) is 37.3 Å². The Labute approximate surface area is 108 Å². The molecule has 1 aliphatic rings. The molecule has 0 atom stereocenters. The molecule has 0 spiro atoms. The molecule has 1 aromatic carbocycles. The molecule has 0 bridgehead atoms. The molecular formula is C16H20O2. The van der Waals surface area contributed by atoms with Crippen LogP contribution in [-0.2, 0) is 0 Å². The van der Waals surface area contributed by atoms with Gasteiger partial charge in [-0.15, -0.1) is 6.58 Å². The van der Waals surface area contributed by atoms with Gasteiger partial charge in [0.25, 0.3) is 0 Å². The highest BCUT2D eigenvalue weighted by atomic mass is 16.4. The first-order valence-electron chi connectivity index (χ1n) is 6.65. The van der Waals surface area contributed by atoms with Gasteiger partial charge >= 0.3 is 5.97 Å². The van der Waals surface area contributed by atoms with E-state index in [9.17, 15) is 9.90 Å². The molecule has 18 heavy (non-hydrogen) atoms. The molecule has 0 radical (unpaired) electrons. The van der Waals surface area contributed by atoms with Gasteiger partial charge in [-0.05, 0) is 55.6 Å². The molecule has 1 aromatic rings. The zero-order chi connectivity index (χ0) is 13.0. The molecule has 0 amide bonds. The van der Waals surface area contributed by atoms with Crippen molar-refractivity contribution in [1.29, 1.82) is 0 Å². The minimum absolute atomic E-state index is 0.415. The highest BCUT2D eigenvalue weighted by Crippen LogP contribution is 2.38. The average molecular weight is 244 g/mol. The Morgan fingerprint density at radius 1 is 1.28 bits per heavy atom. The Balaban J connectivity index is 2.10. The highest BCUT2D eigenvalue weighted by Gasteiger charge is 2.24. The lowest BCUT2D eigenvalue weighted by molar-refractivity contribution is 0.0694. The number of hydrogen-bond acceptors (Lipinski definition) is 1. The SMILES string of the molecule is C=CC[C@H]1CC[C@H](c2ccccc2C(=O)O)CC1. The molecule has 1 saturated carbocycles. The number of allylic oxidation sites excluding steroid dienone is 1. The molecule has 0 saturated heterocycles. The van der Waals surface area contributed by atoms with Gasteiger partial charge in [-0.3, -0.25) is 0 Å². The standard InChI is InChI=1S/C16H20O2/c1-2-5-12-8-10-13(11-9-12)14-6-3-4-7-15(14)16(17)18/h2-4,6-7,12-13H,1,5,8-11H2,(H,17,18)/t12-,13-. The van der Waals surface area contributed by atoms with E-state index in [0.717, 1.165) is 30.7 Å². The van der Waals surface area contributed by atoms with Crippen molar-refractivity contribution in [3.63, 3.8) is 0 Å². The summed E-state index contributed by atoms with van der Waals surface area (Å²) >= 11 is 0. The van der Waals surface area contributed by atoms with Crippen molar-refractivity contribution >= 4 is 5.97 Å². The molecule has 1 N–H and O–H groups in total. The van der Waals surface area contributed by atoms with E-state index >= 15 is 0 Å². The molecule has 2 rings (SSSR count). The molecule has 0 aromatic heterocycles.